The van der Waals surface area contributed by atoms with Crippen molar-refractivity contribution >= 4 is 22.9 Å². The summed E-state index contributed by atoms with van der Waals surface area (Å²) in [5.74, 6) is -0.478. The van der Waals surface area contributed by atoms with Crippen molar-refractivity contribution in [1.29, 1.82) is 0 Å². The molecule has 0 fully saturated rings. The Morgan fingerprint density at radius 2 is 1.58 bits per heavy atom. The first kappa shape index (κ1) is 26.9. The van der Waals surface area contributed by atoms with Gasteiger partial charge in [0.1, 0.15) is 12.4 Å². The average molecular weight is 518 g/mol. The largest absolute Gasteiger partial charge is 0.449 e. The molecular formula is C30H32FN3O4. The number of fused-ring (bicyclic) bond motifs is 1. The molecule has 3 N–H and O–H groups in total. The van der Waals surface area contributed by atoms with Crippen molar-refractivity contribution in [3.05, 3.63) is 107 Å². The number of amides is 2. The summed E-state index contributed by atoms with van der Waals surface area (Å²) in [6, 6.07) is 22.0. The fraction of sp³-hybridized carbons (Fsp3) is 0.267. The summed E-state index contributed by atoms with van der Waals surface area (Å²) in [5.41, 5.74) is 5.14. The molecule has 4 aromatic rings. The van der Waals surface area contributed by atoms with Gasteiger partial charge in [-0.05, 0) is 53.3 Å². The maximum atomic E-state index is 12.9. The third-order valence-corrected chi connectivity index (χ3v) is 6.12. The Labute approximate surface area is 221 Å². The van der Waals surface area contributed by atoms with Crippen molar-refractivity contribution in [2.75, 3.05) is 19.8 Å². The van der Waals surface area contributed by atoms with Crippen LogP contribution in [0.25, 0.3) is 10.9 Å². The molecule has 0 unspecified atom stereocenters. The smallest absolute Gasteiger partial charge is 0.407 e. The molecular weight excluding hydrogens is 485 g/mol. The van der Waals surface area contributed by atoms with E-state index in [1.807, 2.05) is 48.7 Å². The van der Waals surface area contributed by atoms with Crippen LogP contribution < -0.4 is 10.6 Å². The van der Waals surface area contributed by atoms with Gasteiger partial charge in [0.05, 0.1) is 13.2 Å². The molecule has 8 heteroatoms. The highest BCUT2D eigenvalue weighted by atomic mass is 19.1. The molecule has 0 aliphatic rings. The number of para-hydroxylation sites is 1. The van der Waals surface area contributed by atoms with Gasteiger partial charge in [-0.2, -0.15) is 0 Å². The van der Waals surface area contributed by atoms with Crippen LogP contribution >= 0.6 is 0 Å². The highest BCUT2D eigenvalue weighted by Gasteiger charge is 2.06. The van der Waals surface area contributed by atoms with Crippen LogP contribution in [0.3, 0.4) is 0 Å². The molecule has 4 rings (SSSR count). The van der Waals surface area contributed by atoms with E-state index in [1.54, 1.807) is 12.1 Å². The van der Waals surface area contributed by atoms with Gasteiger partial charge in [0.15, 0.2) is 0 Å². The van der Waals surface area contributed by atoms with Crippen molar-refractivity contribution in [2.24, 2.45) is 0 Å². The van der Waals surface area contributed by atoms with Crippen LogP contribution in [-0.2, 0) is 40.3 Å². The Hall–Kier alpha value is -4.17. The summed E-state index contributed by atoms with van der Waals surface area (Å²) in [4.78, 5) is 27.2. The van der Waals surface area contributed by atoms with Gasteiger partial charge in [0.25, 0.3) is 0 Å². The number of alkyl carbamates (subject to hydrolysis) is 1. The number of hydrogen-bond donors (Lipinski definition) is 3. The third kappa shape index (κ3) is 8.45. The molecule has 38 heavy (non-hydrogen) atoms. The Morgan fingerprint density at radius 3 is 2.39 bits per heavy atom. The van der Waals surface area contributed by atoms with Gasteiger partial charge >= 0.3 is 6.09 Å². The van der Waals surface area contributed by atoms with Gasteiger partial charge in [-0.1, -0.05) is 54.6 Å². The van der Waals surface area contributed by atoms with E-state index < -0.39 is 6.09 Å². The van der Waals surface area contributed by atoms with E-state index in [2.05, 4.69) is 21.7 Å². The van der Waals surface area contributed by atoms with Gasteiger partial charge in [-0.15, -0.1) is 0 Å². The van der Waals surface area contributed by atoms with Crippen molar-refractivity contribution in [1.82, 2.24) is 15.6 Å². The molecule has 1 aromatic heterocycles. The maximum absolute atomic E-state index is 12.9. The minimum absolute atomic E-state index is 0.0372. The lowest BCUT2D eigenvalue weighted by molar-refractivity contribution is -0.126. The zero-order valence-corrected chi connectivity index (χ0v) is 21.2. The maximum Gasteiger partial charge on any atom is 0.407 e. The molecule has 0 aliphatic heterocycles. The summed E-state index contributed by atoms with van der Waals surface area (Å²) >= 11 is 0. The fourth-order valence-electron chi connectivity index (χ4n) is 4.05. The zero-order chi connectivity index (χ0) is 26.6. The Balaban J connectivity index is 1.05. The molecule has 198 valence electrons. The van der Waals surface area contributed by atoms with E-state index >= 15 is 0 Å². The molecule has 0 atom stereocenters. The molecule has 0 aliphatic carbocycles. The monoisotopic (exact) mass is 517 g/mol. The first-order valence-corrected chi connectivity index (χ1v) is 12.7. The molecule has 1 heterocycles. The standard InChI is InChI=1S/C30H32FN3O4/c31-26-13-11-24(12-14-26)20-37-21-29(35)32-16-3-4-22-7-9-23(10-8-22)18-34-30(36)38-17-15-25-19-33-28-6-2-1-5-27(25)28/h1-2,5-14,19,33H,3-4,15-18,20-21H2,(H,32,35)(H,34,36). The highest BCUT2D eigenvalue weighted by molar-refractivity contribution is 5.83. The lowest BCUT2D eigenvalue weighted by Gasteiger charge is -2.09. The van der Waals surface area contributed by atoms with Crippen LogP contribution in [-0.4, -0.2) is 36.7 Å². The van der Waals surface area contributed by atoms with Gasteiger partial charge in [0, 0.05) is 36.6 Å². The average Bonchev–Trinajstić information content (AvgIpc) is 3.35. The van der Waals surface area contributed by atoms with Crippen molar-refractivity contribution in [2.45, 2.75) is 32.4 Å². The lowest BCUT2D eigenvalue weighted by atomic mass is 10.1. The normalized spacial score (nSPS) is 10.9. The number of aromatic amines is 1. The zero-order valence-electron chi connectivity index (χ0n) is 21.2. The number of ether oxygens (including phenoxy) is 2. The molecule has 0 radical (unpaired) electrons. The predicted molar refractivity (Wildman–Crippen MR) is 144 cm³/mol. The Morgan fingerprint density at radius 1 is 0.842 bits per heavy atom. The topological polar surface area (TPSA) is 92.5 Å². The second kappa shape index (κ2) is 13.9. The van der Waals surface area contributed by atoms with Gasteiger partial charge in [-0.25, -0.2) is 9.18 Å². The van der Waals surface area contributed by atoms with Crippen molar-refractivity contribution < 1.29 is 23.5 Å². The fourth-order valence-corrected chi connectivity index (χ4v) is 4.05. The number of carbonyl (C=O) groups is 2. The number of nitrogens with one attached hydrogen (secondary N) is 3. The first-order chi connectivity index (χ1) is 18.6. The van der Waals surface area contributed by atoms with Crippen molar-refractivity contribution in [3.8, 4) is 0 Å². The SMILES string of the molecule is O=C(COCc1ccc(F)cc1)NCCCc1ccc(CNC(=O)OCCc2c[nH]c3ccccc23)cc1. The molecule has 0 saturated heterocycles. The summed E-state index contributed by atoms with van der Waals surface area (Å²) in [6.45, 7) is 1.47. The van der Waals surface area contributed by atoms with E-state index in [-0.39, 0.29) is 24.9 Å². The predicted octanol–water partition coefficient (Wildman–Crippen LogP) is 5.04. The van der Waals surface area contributed by atoms with E-state index in [4.69, 9.17) is 9.47 Å². The first-order valence-electron chi connectivity index (χ1n) is 12.7. The number of hydrogen-bond acceptors (Lipinski definition) is 4. The van der Waals surface area contributed by atoms with E-state index in [0.717, 1.165) is 46.0 Å². The molecule has 0 saturated carbocycles. The summed E-state index contributed by atoms with van der Waals surface area (Å²) in [7, 11) is 0. The molecule has 3 aromatic carbocycles. The number of halogens is 1. The van der Waals surface area contributed by atoms with Crippen LogP contribution in [0.2, 0.25) is 0 Å². The van der Waals surface area contributed by atoms with E-state index in [9.17, 15) is 14.0 Å². The molecule has 0 spiro atoms. The number of aryl methyl sites for hydroxylation is 1. The second-order valence-corrected chi connectivity index (χ2v) is 8.99. The van der Waals surface area contributed by atoms with Crippen molar-refractivity contribution in [3.63, 3.8) is 0 Å². The number of rotatable bonds is 13. The summed E-state index contributed by atoms with van der Waals surface area (Å²) in [6.07, 6.45) is 3.78. The van der Waals surface area contributed by atoms with Crippen LogP contribution in [0.5, 0.6) is 0 Å². The van der Waals surface area contributed by atoms with Crippen LogP contribution in [0.15, 0.2) is 79.0 Å². The second-order valence-electron chi connectivity index (χ2n) is 8.99. The molecule has 2 amide bonds. The number of aromatic nitrogens is 1. The molecule has 7 nitrogen and oxygen atoms in total. The van der Waals surface area contributed by atoms with Crippen LogP contribution in [0.1, 0.15) is 28.7 Å². The van der Waals surface area contributed by atoms with Gasteiger partial charge in [0.2, 0.25) is 5.91 Å². The Bertz CT molecular complexity index is 1320. The number of H-pyrrole nitrogens is 1. The minimum Gasteiger partial charge on any atom is -0.449 e. The van der Waals surface area contributed by atoms with E-state index in [0.29, 0.717) is 26.1 Å². The number of carbonyl (C=O) groups excluding carboxylic acids is 2. The molecule has 0 bridgehead atoms. The minimum atomic E-state index is -0.439. The van der Waals surface area contributed by atoms with Gasteiger partial charge in [-0.3, -0.25) is 4.79 Å². The third-order valence-electron chi connectivity index (χ3n) is 6.12. The van der Waals surface area contributed by atoms with Crippen LogP contribution in [0, 0.1) is 5.82 Å². The number of benzene rings is 3. The quantitative estimate of drug-likeness (QED) is 0.217. The van der Waals surface area contributed by atoms with Gasteiger partial charge < -0.3 is 25.1 Å². The summed E-state index contributed by atoms with van der Waals surface area (Å²) < 4.78 is 23.6. The van der Waals surface area contributed by atoms with E-state index in [1.165, 1.54) is 12.1 Å². The summed E-state index contributed by atoms with van der Waals surface area (Å²) in [5, 5.41) is 6.77. The van der Waals surface area contributed by atoms with Crippen LogP contribution in [0.4, 0.5) is 9.18 Å². The Kier molecular flexibility index (Phi) is 9.87. The highest BCUT2D eigenvalue weighted by Crippen LogP contribution is 2.18. The lowest BCUT2D eigenvalue weighted by Crippen LogP contribution is -2.28.